The largest absolute Gasteiger partial charge is 0.501 e. The van der Waals surface area contributed by atoms with Gasteiger partial charge in [-0.3, -0.25) is 4.98 Å². The van der Waals surface area contributed by atoms with Crippen LogP contribution in [-0.4, -0.2) is 14.5 Å². The predicted octanol–water partition coefficient (Wildman–Crippen LogP) is 17.8. The molecular formula is C64H63IrN3O-2. The zero-order valence-corrected chi connectivity index (χ0v) is 42.9. The third-order valence-electron chi connectivity index (χ3n) is 12.0. The van der Waals surface area contributed by atoms with E-state index in [9.17, 15) is 2.74 Å². The molecule has 10 aromatic rings. The van der Waals surface area contributed by atoms with Crippen molar-refractivity contribution in [3.05, 3.63) is 197 Å². The summed E-state index contributed by atoms with van der Waals surface area (Å²) in [7, 11) is 0. The third kappa shape index (κ3) is 10.3. The molecule has 0 fully saturated rings. The zero-order valence-electron chi connectivity index (χ0n) is 51.5. The summed E-state index contributed by atoms with van der Waals surface area (Å²) in [5.41, 5.74) is 11.4. The molecule has 0 unspecified atom stereocenters. The molecule has 4 nitrogen and oxygen atoms in total. The fourth-order valence-corrected chi connectivity index (χ4v) is 8.66. The van der Waals surface area contributed by atoms with E-state index in [1.165, 1.54) is 18.3 Å². The summed E-state index contributed by atoms with van der Waals surface area (Å²) < 4.78 is 99.4. The summed E-state index contributed by atoms with van der Waals surface area (Å²) in [6, 6.07) is 51.5. The van der Waals surface area contributed by atoms with Gasteiger partial charge in [-0.15, -0.1) is 47.5 Å². The average molecular weight is 1090 g/mol. The first-order chi connectivity index (χ1) is 36.7. The van der Waals surface area contributed by atoms with Crippen LogP contribution in [-0.2, 0) is 26.5 Å². The topological polar surface area (TPSA) is 43.9 Å². The van der Waals surface area contributed by atoms with Crippen LogP contribution in [0.15, 0.2) is 156 Å². The number of rotatable bonds is 9. The van der Waals surface area contributed by atoms with Crippen molar-refractivity contribution in [3.63, 3.8) is 0 Å². The Morgan fingerprint density at radius 2 is 1.42 bits per heavy atom. The van der Waals surface area contributed by atoms with Crippen molar-refractivity contribution in [2.24, 2.45) is 5.41 Å². The Morgan fingerprint density at radius 3 is 2.07 bits per heavy atom. The summed E-state index contributed by atoms with van der Waals surface area (Å²) in [6.45, 7) is 12.3. The van der Waals surface area contributed by atoms with Crippen LogP contribution < -0.4 is 0 Å². The van der Waals surface area contributed by atoms with E-state index in [0.717, 1.165) is 44.1 Å². The number of para-hydroxylation sites is 2. The van der Waals surface area contributed by atoms with Gasteiger partial charge >= 0.3 is 0 Å². The number of pyridine rings is 1. The van der Waals surface area contributed by atoms with Crippen molar-refractivity contribution in [2.45, 2.75) is 100 Å². The molecule has 5 heteroatoms. The number of aryl methyl sites for hydroxylation is 2. The van der Waals surface area contributed by atoms with Gasteiger partial charge in [-0.05, 0) is 105 Å². The molecule has 0 aliphatic carbocycles. The van der Waals surface area contributed by atoms with Gasteiger partial charge in [0.2, 0.25) is 0 Å². The molecule has 351 valence electrons. The van der Waals surface area contributed by atoms with Gasteiger partial charge in [-0.1, -0.05) is 189 Å². The Bertz CT molecular complexity index is 3840. The zero-order chi connectivity index (χ0) is 57.4. The minimum Gasteiger partial charge on any atom is -0.501 e. The van der Waals surface area contributed by atoms with Gasteiger partial charge in [0.15, 0.2) is 0 Å². The maximum Gasteiger partial charge on any atom is 0.121 e. The quantitative estimate of drug-likeness (QED) is 0.135. The normalized spacial score (nSPS) is 15.1. The molecule has 0 aliphatic heterocycles. The maximum absolute atomic E-state index is 9.37. The molecule has 0 atom stereocenters. The van der Waals surface area contributed by atoms with Crippen LogP contribution in [0.4, 0.5) is 0 Å². The van der Waals surface area contributed by atoms with E-state index in [4.69, 9.17) is 21.7 Å². The van der Waals surface area contributed by atoms with Crippen molar-refractivity contribution in [1.82, 2.24) is 14.5 Å². The van der Waals surface area contributed by atoms with E-state index in [2.05, 4.69) is 33.8 Å². The van der Waals surface area contributed by atoms with Gasteiger partial charge < -0.3 is 14.0 Å². The summed E-state index contributed by atoms with van der Waals surface area (Å²) >= 11 is 0. The number of aromatic nitrogens is 3. The Kier molecular flexibility index (Phi) is 10.8. The third-order valence-corrected chi connectivity index (χ3v) is 12.0. The molecule has 0 N–H and O–H groups in total. The van der Waals surface area contributed by atoms with E-state index in [0.29, 0.717) is 61.8 Å². The fourth-order valence-electron chi connectivity index (χ4n) is 8.66. The number of hydrogen-bond acceptors (Lipinski definition) is 3. The Morgan fingerprint density at radius 1 is 0.710 bits per heavy atom. The number of benzene rings is 7. The number of hydrogen-bond donors (Lipinski definition) is 0. The van der Waals surface area contributed by atoms with E-state index in [-0.39, 0.29) is 31.2 Å². The minimum absolute atomic E-state index is 0. The molecule has 1 radical (unpaired) electrons. The van der Waals surface area contributed by atoms with E-state index in [1.807, 2.05) is 172 Å². The molecule has 0 saturated heterocycles. The van der Waals surface area contributed by atoms with Gasteiger partial charge in [0, 0.05) is 52.5 Å². The van der Waals surface area contributed by atoms with Crippen LogP contribution in [0.5, 0.6) is 0 Å². The minimum atomic E-state index is -2.27. The van der Waals surface area contributed by atoms with Gasteiger partial charge in [0.1, 0.15) is 5.58 Å². The second-order valence-electron chi connectivity index (χ2n) is 19.0. The van der Waals surface area contributed by atoms with Gasteiger partial charge in [0.05, 0.1) is 22.4 Å². The molecule has 10 rings (SSSR count). The Balaban J connectivity index is 0.000000261. The number of imidazole rings is 1. The Hall–Kier alpha value is -6.39. The first kappa shape index (κ1) is 36.6. The first-order valence-electron chi connectivity index (χ1n) is 28.5. The van der Waals surface area contributed by atoms with Crippen molar-refractivity contribution in [1.29, 1.82) is 0 Å². The molecule has 3 aromatic heterocycles. The van der Waals surface area contributed by atoms with Gasteiger partial charge in [-0.2, -0.15) is 0 Å². The molecule has 7 aromatic carbocycles. The molecule has 0 bridgehead atoms. The number of nitrogens with zero attached hydrogens (tertiary/aromatic N) is 3. The summed E-state index contributed by atoms with van der Waals surface area (Å²) in [5.74, 6) is -2.49. The second-order valence-corrected chi connectivity index (χ2v) is 19.0. The Labute approximate surface area is 438 Å². The van der Waals surface area contributed by atoms with E-state index < -0.39 is 43.2 Å². The summed E-state index contributed by atoms with van der Waals surface area (Å²) in [4.78, 5) is 9.40. The average Bonchev–Trinajstić information content (AvgIpc) is 3.95. The van der Waals surface area contributed by atoms with Crippen LogP contribution in [0.25, 0.3) is 83.6 Å². The molecule has 3 heterocycles. The number of furan rings is 1. The second kappa shape index (κ2) is 20.3. The molecule has 69 heavy (non-hydrogen) atoms. The number of fused-ring (bicyclic) bond motifs is 4. The monoisotopic (exact) mass is 1090 g/mol. The standard InChI is InChI=1S/C45H47N2O.C19H16N.Ir/c1-27(2)33-23-37(28(3)4)42(38(24-33)29(5)6)47-40-16-11-10-15-39(40)46-44(47)36-14-12-13-35-34-22-21-32(25-41(34)48-43(35)36)31-19-17-30(18-20-31)26-45(7,8)9;1-14-8-11-19(20-13-14)17-10-9-15(2)18(12-17)16-6-4-3-5-7-16;/h10-13,15-25,27-29H,26H2,1-9H3;3-9,11-13H,1-2H3;/q2*-1;/i26D2,27D,28D,29D;1D3,2D3;. The summed E-state index contributed by atoms with van der Waals surface area (Å²) in [6.07, 6.45) is -0.164. The molecule has 0 saturated carbocycles. The summed E-state index contributed by atoms with van der Waals surface area (Å²) in [5, 5.41) is 1.87. The maximum atomic E-state index is 9.37. The SMILES string of the molecule is [2H]C(C)(C)c1cc(C([2H])(C)C)c(-n2c(-c3[c-]ccc4c3oc3cc(-c5ccc(C([2H])([2H])C(C)(C)C)cc5)ccc34)nc3ccccc32)c(C([2H])(C)C)c1.[2H]C([2H])([2H])c1ccc(-c2[c-]cc(C([2H])([2H])[2H])c(-c3ccccc3)c2)nc1.[Ir]. The van der Waals surface area contributed by atoms with Crippen LogP contribution in [0.1, 0.15) is 128 Å². The molecule has 0 aliphatic rings. The van der Waals surface area contributed by atoms with Crippen LogP contribution in [0.2, 0.25) is 0 Å². The molecular weight excluding hydrogens is 1020 g/mol. The van der Waals surface area contributed by atoms with E-state index in [1.54, 1.807) is 12.1 Å². The van der Waals surface area contributed by atoms with Crippen LogP contribution in [0, 0.1) is 31.3 Å². The molecule has 0 spiro atoms. The predicted molar refractivity (Wildman–Crippen MR) is 287 cm³/mol. The van der Waals surface area contributed by atoms with Gasteiger partial charge in [0.25, 0.3) is 0 Å². The van der Waals surface area contributed by atoms with Crippen molar-refractivity contribution in [3.8, 4) is 50.6 Å². The van der Waals surface area contributed by atoms with Crippen molar-refractivity contribution < 1.29 is 39.6 Å². The van der Waals surface area contributed by atoms with Gasteiger partial charge in [-0.25, -0.2) is 0 Å². The molecule has 0 amide bonds. The van der Waals surface area contributed by atoms with E-state index >= 15 is 0 Å². The van der Waals surface area contributed by atoms with Crippen LogP contribution in [0.3, 0.4) is 0 Å². The fraction of sp³-hybridized carbons (Fsp3) is 0.250. The van der Waals surface area contributed by atoms with Crippen molar-refractivity contribution in [2.75, 3.05) is 0 Å². The van der Waals surface area contributed by atoms with Crippen LogP contribution >= 0.6 is 0 Å². The first-order valence-corrected chi connectivity index (χ1v) is 23.0. The smallest absolute Gasteiger partial charge is 0.121 e. The van der Waals surface area contributed by atoms with Crippen molar-refractivity contribution >= 4 is 33.0 Å².